The molecule has 0 aromatic heterocycles. The Morgan fingerprint density at radius 3 is 2.35 bits per heavy atom. The van der Waals surface area contributed by atoms with Gasteiger partial charge in [-0.25, -0.2) is 9.18 Å². The lowest BCUT2D eigenvalue weighted by Crippen LogP contribution is -2.28. The number of halogens is 2. The lowest BCUT2D eigenvalue weighted by molar-refractivity contribution is 0.251. The van der Waals surface area contributed by atoms with Crippen molar-refractivity contribution in [1.82, 2.24) is 5.32 Å². The molecule has 0 atom stereocenters. The molecule has 2 N–H and O–H groups in total. The number of hydrogen-bond donors (Lipinski definition) is 2. The second-order valence-corrected chi connectivity index (χ2v) is 5.06. The topological polar surface area (TPSA) is 59.6 Å². The highest BCUT2D eigenvalue weighted by atomic mass is 35.5. The van der Waals surface area contributed by atoms with Gasteiger partial charge in [0.1, 0.15) is 17.3 Å². The lowest BCUT2D eigenvalue weighted by atomic mass is 10.2. The van der Waals surface area contributed by atoms with Gasteiger partial charge in [-0.15, -0.1) is 0 Å². The number of carbonyl (C=O) groups excluding carboxylic acids is 1. The molecule has 7 heteroatoms. The minimum absolute atomic E-state index is 0.0160. The molecule has 0 aliphatic rings. The molecule has 0 spiro atoms. The summed E-state index contributed by atoms with van der Waals surface area (Å²) >= 11 is 5.69. The number of nitrogens with one attached hydrogen (secondary N) is 2. The summed E-state index contributed by atoms with van der Waals surface area (Å²) in [4.78, 5) is 11.9. The zero-order chi connectivity index (χ0) is 16.8. The quantitative estimate of drug-likeness (QED) is 0.871. The van der Waals surface area contributed by atoms with Crippen molar-refractivity contribution < 1.29 is 18.7 Å². The Hall–Kier alpha value is -2.47. The fourth-order valence-electron chi connectivity index (χ4n) is 1.89. The second-order valence-electron chi connectivity index (χ2n) is 4.66. The smallest absolute Gasteiger partial charge is 0.319 e. The first-order valence-corrected chi connectivity index (χ1v) is 7.11. The van der Waals surface area contributed by atoms with Crippen molar-refractivity contribution in [2.24, 2.45) is 0 Å². The molecule has 5 nitrogen and oxygen atoms in total. The number of hydrogen-bond acceptors (Lipinski definition) is 3. The van der Waals surface area contributed by atoms with Gasteiger partial charge in [0.2, 0.25) is 0 Å². The van der Waals surface area contributed by atoms with E-state index in [-0.39, 0.29) is 11.6 Å². The fourth-order valence-corrected chi connectivity index (χ4v) is 2.09. The summed E-state index contributed by atoms with van der Waals surface area (Å²) in [6, 6.07) is 8.88. The van der Waals surface area contributed by atoms with Crippen LogP contribution in [0.15, 0.2) is 36.4 Å². The predicted molar refractivity (Wildman–Crippen MR) is 86.8 cm³/mol. The van der Waals surface area contributed by atoms with E-state index in [4.69, 9.17) is 21.1 Å². The molecule has 2 aromatic carbocycles. The number of rotatable bonds is 5. The molecule has 0 aliphatic carbocycles. The summed E-state index contributed by atoms with van der Waals surface area (Å²) < 4.78 is 23.3. The van der Waals surface area contributed by atoms with Crippen molar-refractivity contribution in [2.75, 3.05) is 19.5 Å². The van der Waals surface area contributed by atoms with Gasteiger partial charge in [-0.3, -0.25) is 0 Å². The number of methoxy groups -OCH3 is 2. The van der Waals surface area contributed by atoms with Gasteiger partial charge in [-0.05, 0) is 17.7 Å². The van der Waals surface area contributed by atoms with Crippen LogP contribution in [0.2, 0.25) is 5.02 Å². The molecule has 0 heterocycles. The molecule has 0 saturated heterocycles. The average Bonchev–Trinajstić information content (AvgIpc) is 2.55. The lowest BCUT2D eigenvalue weighted by Gasteiger charge is -2.11. The van der Waals surface area contributed by atoms with E-state index in [1.54, 1.807) is 24.3 Å². The first-order valence-electron chi connectivity index (χ1n) is 6.73. The molecule has 2 rings (SSSR count). The van der Waals surface area contributed by atoms with Crippen LogP contribution in [0, 0.1) is 5.82 Å². The standard InChI is InChI=1S/C16H16ClFN2O3/c1-22-12-6-11(7-13(8-12)23-2)20-16(21)19-9-10-3-4-15(18)14(17)5-10/h3-8H,9H2,1-2H3,(H2,19,20,21). The first-order chi connectivity index (χ1) is 11.0. The maximum atomic E-state index is 13.1. The van der Waals surface area contributed by atoms with Crippen LogP contribution in [-0.4, -0.2) is 20.3 Å². The normalized spacial score (nSPS) is 10.1. The zero-order valence-electron chi connectivity index (χ0n) is 12.7. The Morgan fingerprint density at radius 1 is 1.13 bits per heavy atom. The van der Waals surface area contributed by atoms with Gasteiger partial charge in [0.05, 0.1) is 19.2 Å². The maximum absolute atomic E-state index is 13.1. The van der Waals surface area contributed by atoms with E-state index in [0.717, 1.165) is 0 Å². The third-order valence-corrected chi connectivity index (χ3v) is 3.34. The van der Waals surface area contributed by atoms with E-state index in [9.17, 15) is 9.18 Å². The highest BCUT2D eigenvalue weighted by molar-refractivity contribution is 6.30. The summed E-state index contributed by atoms with van der Waals surface area (Å²) in [5.74, 6) is 0.623. The summed E-state index contributed by atoms with van der Waals surface area (Å²) in [6.07, 6.45) is 0. The van der Waals surface area contributed by atoms with Crippen molar-refractivity contribution in [3.63, 3.8) is 0 Å². The molecular formula is C16H16ClFN2O3. The van der Waals surface area contributed by atoms with Gasteiger partial charge < -0.3 is 20.1 Å². The number of carbonyl (C=O) groups is 1. The van der Waals surface area contributed by atoms with E-state index >= 15 is 0 Å². The third kappa shape index (κ3) is 4.75. The number of benzene rings is 2. The Kier molecular flexibility index (Phi) is 5.65. The monoisotopic (exact) mass is 338 g/mol. The van der Waals surface area contributed by atoms with Gasteiger partial charge in [-0.2, -0.15) is 0 Å². The van der Waals surface area contributed by atoms with Crippen LogP contribution < -0.4 is 20.1 Å². The minimum atomic E-state index is -0.497. The van der Waals surface area contributed by atoms with Crippen LogP contribution >= 0.6 is 11.6 Å². The number of urea groups is 1. The highest BCUT2D eigenvalue weighted by Crippen LogP contribution is 2.25. The number of amides is 2. The van der Waals surface area contributed by atoms with Crippen molar-refractivity contribution in [3.05, 3.63) is 52.8 Å². The zero-order valence-corrected chi connectivity index (χ0v) is 13.4. The van der Waals surface area contributed by atoms with Gasteiger partial charge in [0.15, 0.2) is 0 Å². The first kappa shape index (κ1) is 16.9. The van der Waals surface area contributed by atoms with Crippen LogP contribution in [0.3, 0.4) is 0 Å². The summed E-state index contributed by atoms with van der Waals surface area (Å²) in [5, 5.41) is 5.34. The van der Waals surface area contributed by atoms with Crippen LogP contribution in [0.25, 0.3) is 0 Å². The SMILES string of the molecule is COc1cc(NC(=O)NCc2ccc(F)c(Cl)c2)cc(OC)c1. The molecule has 0 radical (unpaired) electrons. The molecule has 0 fully saturated rings. The van der Waals surface area contributed by atoms with E-state index in [1.165, 1.54) is 26.4 Å². The van der Waals surface area contributed by atoms with Crippen molar-refractivity contribution in [1.29, 1.82) is 0 Å². The molecule has 23 heavy (non-hydrogen) atoms. The average molecular weight is 339 g/mol. The Balaban J connectivity index is 1.97. The van der Waals surface area contributed by atoms with Gasteiger partial charge in [-0.1, -0.05) is 17.7 Å². The Labute approximate surface area is 138 Å². The molecule has 122 valence electrons. The van der Waals surface area contributed by atoms with Crippen LogP contribution in [0.4, 0.5) is 14.9 Å². The molecule has 0 bridgehead atoms. The number of ether oxygens (including phenoxy) is 2. The second kappa shape index (κ2) is 7.69. The van der Waals surface area contributed by atoms with E-state index in [1.807, 2.05) is 0 Å². The van der Waals surface area contributed by atoms with Gasteiger partial charge in [0, 0.05) is 30.4 Å². The van der Waals surface area contributed by atoms with E-state index < -0.39 is 11.8 Å². The molecule has 0 unspecified atom stereocenters. The van der Waals surface area contributed by atoms with Gasteiger partial charge >= 0.3 is 6.03 Å². The molecule has 2 aromatic rings. The molecule has 2 amide bonds. The summed E-state index contributed by atoms with van der Waals surface area (Å²) in [7, 11) is 3.05. The molecule has 0 aliphatic heterocycles. The highest BCUT2D eigenvalue weighted by Gasteiger charge is 2.07. The number of anilines is 1. The third-order valence-electron chi connectivity index (χ3n) is 3.05. The van der Waals surface area contributed by atoms with E-state index in [0.29, 0.717) is 22.7 Å². The molecule has 0 saturated carbocycles. The summed E-state index contributed by atoms with van der Waals surface area (Å²) in [5.41, 5.74) is 1.21. The maximum Gasteiger partial charge on any atom is 0.319 e. The predicted octanol–water partition coefficient (Wildman–Crippen LogP) is 3.82. The Morgan fingerprint density at radius 2 is 1.78 bits per heavy atom. The molecular weight excluding hydrogens is 323 g/mol. The fraction of sp³-hybridized carbons (Fsp3) is 0.188. The van der Waals surface area contributed by atoms with Crippen LogP contribution in [0.5, 0.6) is 11.5 Å². The minimum Gasteiger partial charge on any atom is -0.497 e. The van der Waals surface area contributed by atoms with Crippen molar-refractivity contribution >= 4 is 23.3 Å². The van der Waals surface area contributed by atoms with Crippen molar-refractivity contribution in [3.8, 4) is 11.5 Å². The Bertz CT molecular complexity index is 687. The van der Waals surface area contributed by atoms with Gasteiger partial charge in [0.25, 0.3) is 0 Å². The van der Waals surface area contributed by atoms with Crippen molar-refractivity contribution in [2.45, 2.75) is 6.54 Å². The van der Waals surface area contributed by atoms with Crippen LogP contribution in [-0.2, 0) is 6.54 Å². The summed E-state index contributed by atoms with van der Waals surface area (Å²) in [6.45, 7) is 0.215. The van der Waals surface area contributed by atoms with E-state index in [2.05, 4.69) is 10.6 Å². The van der Waals surface area contributed by atoms with Crippen LogP contribution in [0.1, 0.15) is 5.56 Å². The largest absolute Gasteiger partial charge is 0.497 e.